The molecule has 0 aliphatic heterocycles. The molecule has 2 rings (SSSR count). The van der Waals surface area contributed by atoms with Crippen molar-refractivity contribution in [2.45, 2.75) is 44.6 Å². The fourth-order valence-corrected chi connectivity index (χ4v) is 2.37. The molecule has 1 aromatic rings. The van der Waals surface area contributed by atoms with Crippen LogP contribution in [0.5, 0.6) is 0 Å². The third-order valence-corrected chi connectivity index (χ3v) is 3.14. The molecule has 0 unspecified atom stereocenters. The van der Waals surface area contributed by atoms with Crippen molar-refractivity contribution < 1.29 is 8.78 Å². The van der Waals surface area contributed by atoms with E-state index in [1.165, 1.54) is 12.5 Å². The summed E-state index contributed by atoms with van der Waals surface area (Å²) in [7, 11) is 0. The lowest BCUT2D eigenvalue weighted by Crippen LogP contribution is -2.14. The first-order valence-corrected chi connectivity index (χ1v) is 5.59. The monoisotopic (exact) mass is 234 g/mol. The van der Waals surface area contributed by atoms with Crippen molar-refractivity contribution in [3.05, 3.63) is 16.9 Å². The van der Waals surface area contributed by atoms with Crippen LogP contribution in [0.15, 0.2) is 6.07 Å². The Hall–Kier alpha value is -0.640. The molecule has 1 fully saturated rings. The lowest BCUT2D eigenvalue weighted by Gasteiger charge is -2.22. The van der Waals surface area contributed by atoms with E-state index in [4.69, 9.17) is 11.6 Å². The molecular weight excluding hydrogens is 222 g/mol. The molecule has 0 radical (unpaired) electrons. The highest BCUT2D eigenvalue weighted by Crippen LogP contribution is 2.31. The van der Waals surface area contributed by atoms with E-state index in [9.17, 15) is 8.78 Å². The largest absolute Gasteiger partial charge is 0.282 e. The van der Waals surface area contributed by atoms with Crippen molar-refractivity contribution >= 4 is 11.6 Å². The summed E-state index contributed by atoms with van der Waals surface area (Å²) in [5.74, 6) is 0. The highest BCUT2D eigenvalue weighted by atomic mass is 35.5. The zero-order valence-corrected chi connectivity index (χ0v) is 9.05. The average Bonchev–Trinajstić information content (AvgIpc) is 2.62. The van der Waals surface area contributed by atoms with Crippen molar-refractivity contribution in [2.75, 3.05) is 0 Å². The van der Waals surface area contributed by atoms with Crippen molar-refractivity contribution in [3.8, 4) is 0 Å². The number of halogens is 3. The molecule has 0 amide bonds. The summed E-state index contributed by atoms with van der Waals surface area (Å²) in [5, 5.41) is 4.20. The van der Waals surface area contributed by atoms with E-state index in [1.807, 2.05) is 0 Å². The molecule has 15 heavy (non-hydrogen) atoms. The second kappa shape index (κ2) is 4.47. The Kier molecular flexibility index (Phi) is 3.24. The summed E-state index contributed by atoms with van der Waals surface area (Å²) >= 11 is 5.89. The van der Waals surface area contributed by atoms with E-state index in [-0.39, 0.29) is 11.7 Å². The van der Waals surface area contributed by atoms with Gasteiger partial charge in [-0.2, -0.15) is 5.10 Å². The molecule has 2 nitrogen and oxygen atoms in total. The van der Waals surface area contributed by atoms with E-state index in [0.29, 0.717) is 5.15 Å². The third kappa shape index (κ3) is 2.30. The molecule has 0 bridgehead atoms. The van der Waals surface area contributed by atoms with Gasteiger partial charge in [0, 0.05) is 6.07 Å². The SMILES string of the molecule is FC(F)c1cc(Cl)n(C2CCCCC2)n1. The minimum Gasteiger partial charge on any atom is -0.251 e. The molecule has 1 aliphatic rings. The van der Waals surface area contributed by atoms with Crippen LogP contribution in [0.2, 0.25) is 5.15 Å². The molecule has 0 spiro atoms. The highest BCUT2D eigenvalue weighted by Gasteiger charge is 2.21. The summed E-state index contributed by atoms with van der Waals surface area (Å²) in [6.07, 6.45) is 2.92. The third-order valence-electron chi connectivity index (χ3n) is 2.85. The smallest absolute Gasteiger partial charge is 0.251 e. The molecule has 5 heteroatoms. The van der Waals surface area contributed by atoms with Crippen LogP contribution in [0.4, 0.5) is 8.78 Å². The van der Waals surface area contributed by atoms with E-state index in [0.717, 1.165) is 25.7 Å². The van der Waals surface area contributed by atoms with Gasteiger partial charge in [-0.15, -0.1) is 0 Å². The fourth-order valence-electron chi connectivity index (χ4n) is 2.08. The predicted molar refractivity (Wildman–Crippen MR) is 54.3 cm³/mol. The zero-order valence-electron chi connectivity index (χ0n) is 8.30. The Morgan fingerprint density at radius 1 is 1.33 bits per heavy atom. The molecule has 0 aromatic carbocycles. The van der Waals surface area contributed by atoms with Crippen LogP contribution in [0.3, 0.4) is 0 Å². The fraction of sp³-hybridized carbons (Fsp3) is 0.700. The molecule has 0 saturated heterocycles. The number of alkyl halides is 2. The Morgan fingerprint density at radius 2 is 2.00 bits per heavy atom. The van der Waals surface area contributed by atoms with Gasteiger partial charge in [0.2, 0.25) is 0 Å². The van der Waals surface area contributed by atoms with Crippen LogP contribution in [0, 0.1) is 0 Å². The molecular formula is C10H13ClF2N2. The maximum absolute atomic E-state index is 12.4. The van der Waals surface area contributed by atoms with Gasteiger partial charge < -0.3 is 0 Å². The van der Waals surface area contributed by atoms with Gasteiger partial charge in [-0.1, -0.05) is 30.9 Å². The minimum atomic E-state index is -2.53. The van der Waals surface area contributed by atoms with Gasteiger partial charge in [-0.25, -0.2) is 8.78 Å². The van der Waals surface area contributed by atoms with E-state index >= 15 is 0 Å². The molecule has 0 N–H and O–H groups in total. The lowest BCUT2D eigenvalue weighted by molar-refractivity contribution is 0.144. The quantitative estimate of drug-likeness (QED) is 0.757. The second-order valence-electron chi connectivity index (χ2n) is 3.93. The van der Waals surface area contributed by atoms with Crippen LogP contribution in [0.1, 0.15) is 50.3 Å². The van der Waals surface area contributed by atoms with Gasteiger partial charge >= 0.3 is 0 Å². The molecule has 1 saturated carbocycles. The van der Waals surface area contributed by atoms with Gasteiger partial charge in [0.05, 0.1) is 6.04 Å². The summed E-state index contributed by atoms with van der Waals surface area (Å²) in [6, 6.07) is 1.47. The lowest BCUT2D eigenvalue weighted by atomic mass is 9.96. The van der Waals surface area contributed by atoms with Gasteiger partial charge in [0.25, 0.3) is 6.43 Å². The number of nitrogens with zero attached hydrogens (tertiary/aromatic N) is 2. The van der Waals surface area contributed by atoms with Gasteiger partial charge in [0.1, 0.15) is 10.8 Å². The normalized spacial score (nSPS) is 18.7. The number of rotatable bonds is 2. The van der Waals surface area contributed by atoms with Gasteiger partial charge in [-0.3, -0.25) is 4.68 Å². The Bertz CT molecular complexity index is 332. The first-order valence-electron chi connectivity index (χ1n) is 5.21. The molecule has 1 heterocycles. The summed E-state index contributed by atoms with van der Waals surface area (Å²) < 4.78 is 26.3. The van der Waals surface area contributed by atoms with Crippen molar-refractivity contribution in [3.63, 3.8) is 0 Å². The topological polar surface area (TPSA) is 17.8 Å². The van der Waals surface area contributed by atoms with Crippen LogP contribution in [-0.4, -0.2) is 9.78 Å². The Labute approximate surface area is 92.2 Å². The predicted octanol–water partition coefficient (Wildman–Crippen LogP) is 3.98. The molecule has 1 aliphatic carbocycles. The van der Waals surface area contributed by atoms with Crippen LogP contribution in [-0.2, 0) is 0 Å². The maximum atomic E-state index is 12.4. The number of aromatic nitrogens is 2. The van der Waals surface area contributed by atoms with Crippen LogP contribution >= 0.6 is 11.6 Å². The summed E-state index contributed by atoms with van der Waals surface area (Å²) in [4.78, 5) is 0. The maximum Gasteiger partial charge on any atom is 0.282 e. The van der Waals surface area contributed by atoms with E-state index < -0.39 is 6.43 Å². The summed E-state index contributed by atoms with van der Waals surface area (Å²) in [5.41, 5.74) is -0.217. The van der Waals surface area contributed by atoms with Crippen molar-refractivity contribution in [1.29, 1.82) is 0 Å². The van der Waals surface area contributed by atoms with E-state index in [2.05, 4.69) is 5.10 Å². The van der Waals surface area contributed by atoms with Gasteiger partial charge in [0.15, 0.2) is 0 Å². The number of hydrogen-bond acceptors (Lipinski definition) is 1. The average molecular weight is 235 g/mol. The standard InChI is InChI=1S/C10H13ClF2N2/c11-9-6-8(10(12)13)14-15(9)7-4-2-1-3-5-7/h6-7,10H,1-5H2. The first-order chi connectivity index (χ1) is 7.18. The second-order valence-corrected chi connectivity index (χ2v) is 4.32. The van der Waals surface area contributed by atoms with E-state index in [1.54, 1.807) is 4.68 Å². The van der Waals surface area contributed by atoms with Gasteiger partial charge in [-0.05, 0) is 12.8 Å². The van der Waals surface area contributed by atoms with Crippen molar-refractivity contribution in [1.82, 2.24) is 9.78 Å². The zero-order chi connectivity index (χ0) is 10.8. The van der Waals surface area contributed by atoms with Crippen LogP contribution < -0.4 is 0 Å². The molecule has 1 aromatic heterocycles. The van der Waals surface area contributed by atoms with Crippen molar-refractivity contribution in [2.24, 2.45) is 0 Å². The first kappa shape index (κ1) is 10.9. The highest BCUT2D eigenvalue weighted by molar-refractivity contribution is 6.29. The molecule has 0 atom stereocenters. The minimum absolute atomic E-state index is 0.207. The molecule has 84 valence electrons. The summed E-state index contributed by atoms with van der Waals surface area (Å²) in [6.45, 7) is 0. The number of hydrogen-bond donors (Lipinski definition) is 0. The Morgan fingerprint density at radius 3 is 2.53 bits per heavy atom. The Balaban J connectivity index is 2.19. The van der Waals surface area contributed by atoms with Crippen LogP contribution in [0.25, 0.3) is 0 Å².